The minimum atomic E-state index is -1.37. The number of aliphatic hydroxyl groups excluding tert-OH is 2. The molecule has 0 saturated carbocycles. The van der Waals surface area contributed by atoms with E-state index in [4.69, 9.17) is 23.7 Å². The Balaban J connectivity index is 1.31. The van der Waals surface area contributed by atoms with Gasteiger partial charge >= 0.3 is 5.97 Å². The normalized spacial score (nSPS) is 46.2. The standard InChI is InChI=1S/C42H70O11/c1-11-29(38(46)47)31-15-14-23(4)36(50-31)27(8)34(44)26(7)35(45)30(12-2)37-24(5)22-25(6)41(51-37)19-16-32(43)42(53-41)21-20-39(10,52-42)33-17-18-40(48,13-3)28(9)49-33/h16,19,23-34,36-37,43-44,48H,11-15,17-18,20-22H2,1-10H3,(H,46,47)/t23-,24-,25+,26-,27-,28-,29-,30-,31+,32+,33+,34+,36+,37-,39-,40+,41-,42-/m0/s1. The van der Waals surface area contributed by atoms with Crippen molar-refractivity contribution in [1.29, 1.82) is 0 Å². The summed E-state index contributed by atoms with van der Waals surface area (Å²) in [6.07, 6.45) is 5.51. The maximum absolute atomic E-state index is 14.4. The van der Waals surface area contributed by atoms with E-state index in [1.54, 1.807) is 19.1 Å². The summed E-state index contributed by atoms with van der Waals surface area (Å²) in [6, 6.07) is 0. The van der Waals surface area contributed by atoms with Crippen LogP contribution >= 0.6 is 0 Å². The summed E-state index contributed by atoms with van der Waals surface area (Å²) in [5.41, 5.74) is -1.63. The van der Waals surface area contributed by atoms with E-state index >= 15 is 0 Å². The number of carboxylic acids is 1. The van der Waals surface area contributed by atoms with Crippen molar-refractivity contribution in [2.24, 2.45) is 41.4 Å². The van der Waals surface area contributed by atoms with Gasteiger partial charge in [-0.1, -0.05) is 55.4 Å². The van der Waals surface area contributed by atoms with Crippen LogP contribution in [0.2, 0.25) is 0 Å². The molecule has 18 atom stereocenters. The number of rotatable bonds is 12. The zero-order valence-corrected chi connectivity index (χ0v) is 34.0. The van der Waals surface area contributed by atoms with Crippen LogP contribution in [0.3, 0.4) is 0 Å². The van der Waals surface area contributed by atoms with E-state index in [9.17, 15) is 30.0 Å². The molecule has 4 saturated heterocycles. The highest BCUT2D eigenvalue weighted by molar-refractivity contribution is 5.84. The van der Waals surface area contributed by atoms with Crippen molar-refractivity contribution in [3.8, 4) is 0 Å². The lowest BCUT2D eigenvalue weighted by atomic mass is 9.72. The largest absolute Gasteiger partial charge is 0.481 e. The molecule has 5 aliphatic rings. The van der Waals surface area contributed by atoms with Crippen molar-refractivity contribution in [2.45, 2.75) is 199 Å². The van der Waals surface area contributed by atoms with Crippen LogP contribution in [-0.4, -0.2) is 97.7 Å². The zero-order chi connectivity index (χ0) is 39.3. The lowest BCUT2D eigenvalue weighted by Gasteiger charge is -2.54. The highest BCUT2D eigenvalue weighted by Gasteiger charge is 2.63. The molecule has 5 heterocycles. The molecule has 11 heteroatoms. The van der Waals surface area contributed by atoms with Gasteiger partial charge in [-0.3, -0.25) is 9.59 Å². The minimum Gasteiger partial charge on any atom is -0.481 e. The van der Waals surface area contributed by atoms with Gasteiger partial charge in [0.2, 0.25) is 5.79 Å². The van der Waals surface area contributed by atoms with Gasteiger partial charge in [-0.15, -0.1) is 0 Å². The fourth-order valence-corrected chi connectivity index (χ4v) is 10.5. The molecule has 0 amide bonds. The van der Waals surface area contributed by atoms with Crippen LogP contribution in [0.25, 0.3) is 0 Å². The van der Waals surface area contributed by atoms with E-state index < -0.39 is 76.8 Å². The van der Waals surface area contributed by atoms with Crippen LogP contribution < -0.4 is 0 Å². The number of hydrogen-bond donors (Lipinski definition) is 4. The molecule has 53 heavy (non-hydrogen) atoms. The number of aliphatic carboxylic acids is 1. The lowest BCUT2D eigenvalue weighted by Crippen LogP contribution is -2.63. The van der Waals surface area contributed by atoms with Gasteiger partial charge < -0.3 is 44.1 Å². The molecule has 4 N–H and O–H groups in total. The third-order valence-corrected chi connectivity index (χ3v) is 14.4. The van der Waals surface area contributed by atoms with Crippen molar-refractivity contribution in [1.82, 2.24) is 0 Å². The second kappa shape index (κ2) is 16.2. The summed E-state index contributed by atoms with van der Waals surface area (Å²) in [5.74, 6) is -5.78. The molecule has 0 aliphatic carbocycles. The molecule has 0 unspecified atom stereocenters. The highest BCUT2D eigenvalue weighted by atomic mass is 16.8. The van der Waals surface area contributed by atoms with Crippen LogP contribution in [0.15, 0.2) is 12.2 Å². The molecule has 0 bridgehead atoms. The monoisotopic (exact) mass is 750 g/mol. The third kappa shape index (κ3) is 7.94. The van der Waals surface area contributed by atoms with E-state index in [0.29, 0.717) is 57.8 Å². The molecule has 5 rings (SSSR count). The molecular weight excluding hydrogens is 680 g/mol. The summed E-state index contributed by atoms with van der Waals surface area (Å²) >= 11 is 0. The number of ether oxygens (including phenoxy) is 5. The molecule has 0 aromatic rings. The van der Waals surface area contributed by atoms with Crippen molar-refractivity contribution in [3.63, 3.8) is 0 Å². The van der Waals surface area contributed by atoms with Gasteiger partial charge in [0.05, 0.1) is 53.7 Å². The zero-order valence-electron chi connectivity index (χ0n) is 34.0. The number of ketones is 1. The SMILES string of the molecule is CC[C@H](C(=O)O)[C@H]1CC[C@H](C)[C@H]([C@@H](C)[C@H](O)[C@H](C)C(=O)[C@H](CC)[C@H]2O[C@]3(C=C[C@@H](O)[C@]4(CC[C@@](C)([C@H]5CC[C@](O)(CC)[C@H](C)O5)O4)O3)[C@H](C)C[C@@H]2C)O1. The summed E-state index contributed by atoms with van der Waals surface area (Å²) < 4.78 is 33.5. The average molecular weight is 751 g/mol. The van der Waals surface area contributed by atoms with Crippen molar-refractivity contribution >= 4 is 11.8 Å². The van der Waals surface area contributed by atoms with Gasteiger partial charge in [0.25, 0.3) is 0 Å². The van der Waals surface area contributed by atoms with E-state index in [1.165, 1.54) is 0 Å². The molecule has 4 fully saturated rings. The first kappa shape index (κ1) is 42.7. The number of carboxylic acid groups (broad SMARTS) is 1. The van der Waals surface area contributed by atoms with Gasteiger partial charge in [0.1, 0.15) is 11.9 Å². The van der Waals surface area contributed by atoms with E-state index in [2.05, 4.69) is 20.8 Å². The Labute approximate surface area is 317 Å². The van der Waals surface area contributed by atoms with Crippen LogP contribution in [0, 0.1) is 41.4 Å². The molecule has 304 valence electrons. The van der Waals surface area contributed by atoms with Crippen LogP contribution in [0.1, 0.15) is 133 Å². The maximum atomic E-state index is 14.4. The van der Waals surface area contributed by atoms with Gasteiger partial charge in [0.15, 0.2) is 5.79 Å². The fraction of sp³-hybridized carbons (Fsp3) is 0.905. The summed E-state index contributed by atoms with van der Waals surface area (Å²) in [6.45, 7) is 19.6. The summed E-state index contributed by atoms with van der Waals surface area (Å²) in [5, 5.41) is 44.0. The van der Waals surface area contributed by atoms with Crippen molar-refractivity contribution in [3.05, 3.63) is 12.2 Å². The second-order valence-corrected chi connectivity index (χ2v) is 17.9. The maximum Gasteiger partial charge on any atom is 0.309 e. The molecular formula is C42H70O11. The molecule has 2 spiro atoms. The fourth-order valence-electron chi connectivity index (χ4n) is 10.5. The smallest absolute Gasteiger partial charge is 0.309 e. The molecule has 0 radical (unpaired) electrons. The van der Waals surface area contributed by atoms with Crippen LogP contribution in [0.4, 0.5) is 0 Å². The van der Waals surface area contributed by atoms with Crippen LogP contribution in [-0.2, 0) is 33.3 Å². The Bertz CT molecular complexity index is 1320. The van der Waals surface area contributed by atoms with Gasteiger partial charge in [-0.2, -0.15) is 0 Å². The molecule has 5 aliphatic heterocycles. The molecule has 0 aromatic heterocycles. The Kier molecular flexibility index (Phi) is 13.0. The Morgan fingerprint density at radius 2 is 1.57 bits per heavy atom. The quantitative estimate of drug-likeness (QED) is 0.169. The highest BCUT2D eigenvalue weighted by Crippen LogP contribution is 2.54. The summed E-state index contributed by atoms with van der Waals surface area (Å²) in [4.78, 5) is 26.4. The van der Waals surface area contributed by atoms with Gasteiger partial charge in [0, 0.05) is 30.1 Å². The Hall–Kier alpha value is -1.44. The first-order chi connectivity index (χ1) is 24.8. The Morgan fingerprint density at radius 3 is 2.17 bits per heavy atom. The van der Waals surface area contributed by atoms with E-state index in [-0.39, 0.29) is 41.8 Å². The number of aliphatic hydroxyl groups is 3. The number of carbonyl (C=O) groups excluding carboxylic acids is 1. The molecule has 0 aromatic carbocycles. The third-order valence-electron chi connectivity index (χ3n) is 14.4. The minimum absolute atomic E-state index is 0.0137. The lowest BCUT2D eigenvalue weighted by molar-refractivity contribution is -0.409. The predicted octanol–water partition coefficient (Wildman–Crippen LogP) is 6.19. The molecule has 11 nitrogen and oxygen atoms in total. The Morgan fingerprint density at radius 1 is 0.887 bits per heavy atom. The van der Waals surface area contributed by atoms with Crippen LogP contribution in [0.5, 0.6) is 0 Å². The van der Waals surface area contributed by atoms with Crippen molar-refractivity contribution < 1.29 is 53.7 Å². The topological polar surface area (TPSA) is 161 Å². The number of carbonyl (C=O) groups is 2. The van der Waals surface area contributed by atoms with Crippen molar-refractivity contribution in [2.75, 3.05) is 0 Å². The van der Waals surface area contributed by atoms with E-state index in [1.807, 2.05) is 41.5 Å². The summed E-state index contributed by atoms with van der Waals surface area (Å²) in [7, 11) is 0. The van der Waals surface area contributed by atoms with Gasteiger partial charge in [-0.05, 0) is 95.6 Å². The number of hydrogen-bond acceptors (Lipinski definition) is 10. The second-order valence-electron chi connectivity index (χ2n) is 17.9. The first-order valence-electron chi connectivity index (χ1n) is 20.7. The van der Waals surface area contributed by atoms with Gasteiger partial charge in [-0.25, -0.2) is 0 Å². The average Bonchev–Trinajstić information content (AvgIpc) is 3.47. The number of Topliss-reactive ketones (excluding diaryl/α,β-unsaturated/α-hetero) is 1. The predicted molar refractivity (Wildman–Crippen MR) is 199 cm³/mol. The van der Waals surface area contributed by atoms with E-state index in [0.717, 1.165) is 6.42 Å². The first-order valence-corrected chi connectivity index (χ1v) is 20.7.